The van der Waals surface area contributed by atoms with Crippen molar-refractivity contribution in [2.45, 2.75) is 6.04 Å². The second kappa shape index (κ2) is 4.48. The van der Waals surface area contributed by atoms with Crippen LogP contribution in [0.5, 0.6) is 0 Å². The quantitative estimate of drug-likeness (QED) is 0.632. The molecule has 0 aromatic heterocycles. The van der Waals surface area contributed by atoms with E-state index in [9.17, 15) is 8.42 Å². The number of rotatable bonds is 4. The summed E-state index contributed by atoms with van der Waals surface area (Å²) in [6.07, 6.45) is 2.52. The van der Waals surface area contributed by atoms with Gasteiger partial charge in [0.2, 0.25) is 0 Å². The average molecular weight is 179 g/mol. The van der Waals surface area contributed by atoms with Gasteiger partial charge in [-0.25, -0.2) is 8.42 Å². The summed E-state index contributed by atoms with van der Waals surface area (Å²) in [5.74, 6) is 0. The first-order valence-electron chi connectivity index (χ1n) is 3.08. The van der Waals surface area contributed by atoms with Crippen molar-refractivity contribution in [1.82, 2.24) is 0 Å². The smallest absolute Gasteiger partial charge is 0.168 e. The molecule has 0 aliphatic rings. The normalized spacial score (nSPS) is 15.5. The van der Waals surface area contributed by atoms with Gasteiger partial charge >= 0.3 is 0 Å². The fraction of sp³-hybridized carbons (Fsp3) is 0.667. The van der Waals surface area contributed by atoms with Crippen LogP contribution in [0.25, 0.3) is 0 Å². The van der Waals surface area contributed by atoms with Crippen LogP contribution in [0, 0.1) is 0 Å². The van der Waals surface area contributed by atoms with Crippen LogP contribution in [-0.2, 0) is 14.6 Å². The molecule has 2 N–H and O–H groups in total. The zero-order chi connectivity index (χ0) is 8.91. The maximum atomic E-state index is 10.6. The number of methoxy groups -OCH3 is 1. The second-order valence-electron chi connectivity index (χ2n) is 2.28. The molecule has 0 amide bonds. The van der Waals surface area contributed by atoms with Crippen molar-refractivity contribution in [1.29, 1.82) is 0 Å². The Kier molecular flexibility index (Phi) is 4.32. The third-order valence-electron chi connectivity index (χ3n) is 0.932. The van der Waals surface area contributed by atoms with Crippen LogP contribution >= 0.6 is 0 Å². The van der Waals surface area contributed by atoms with Gasteiger partial charge in [-0.1, -0.05) is 6.08 Å². The first-order valence-corrected chi connectivity index (χ1v) is 5.04. The van der Waals surface area contributed by atoms with Crippen LogP contribution < -0.4 is 5.73 Å². The van der Waals surface area contributed by atoms with E-state index in [2.05, 4.69) is 0 Å². The van der Waals surface area contributed by atoms with Gasteiger partial charge in [-0.15, -0.1) is 0 Å². The highest BCUT2D eigenvalue weighted by Gasteiger charge is 1.97. The molecule has 0 heterocycles. The Morgan fingerprint density at radius 3 is 2.55 bits per heavy atom. The van der Waals surface area contributed by atoms with E-state index in [1.165, 1.54) is 13.2 Å². The Hall–Kier alpha value is -0.390. The lowest BCUT2D eigenvalue weighted by Gasteiger charge is -2.02. The Morgan fingerprint density at radius 2 is 2.18 bits per heavy atom. The molecule has 0 aliphatic heterocycles. The Labute approximate surface area is 67.0 Å². The van der Waals surface area contributed by atoms with Gasteiger partial charge in [0.1, 0.15) is 0 Å². The second-order valence-corrected chi connectivity index (χ2v) is 4.21. The lowest BCUT2D eigenvalue weighted by molar-refractivity contribution is 0.192. The Morgan fingerprint density at radius 1 is 1.64 bits per heavy atom. The van der Waals surface area contributed by atoms with Gasteiger partial charge in [-0.05, 0) is 0 Å². The molecular weight excluding hydrogens is 166 g/mol. The molecule has 0 aromatic rings. The van der Waals surface area contributed by atoms with Crippen LogP contribution in [0.2, 0.25) is 0 Å². The summed E-state index contributed by atoms with van der Waals surface area (Å²) in [4.78, 5) is 0. The van der Waals surface area contributed by atoms with E-state index in [0.717, 1.165) is 11.7 Å². The molecule has 0 unspecified atom stereocenters. The first-order chi connectivity index (χ1) is 4.95. The van der Waals surface area contributed by atoms with E-state index in [-0.39, 0.29) is 6.04 Å². The molecule has 4 nitrogen and oxygen atoms in total. The fourth-order valence-corrected chi connectivity index (χ4v) is 0.979. The van der Waals surface area contributed by atoms with Crippen LogP contribution in [0.3, 0.4) is 0 Å². The van der Waals surface area contributed by atoms with Crippen molar-refractivity contribution >= 4 is 9.84 Å². The summed E-state index contributed by atoms with van der Waals surface area (Å²) in [5.41, 5.74) is 5.42. The highest BCUT2D eigenvalue weighted by Crippen LogP contribution is 1.88. The van der Waals surface area contributed by atoms with Crippen molar-refractivity contribution < 1.29 is 13.2 Å². The first kappa shape index (κ1) is 10.6. The van der Waals surface area contributed by atoms with Crippen molar-refractivity contribution in [2.75, 3.05) is 20.0 Å². The monoisotopic (exact) mass is 179 g/mol. The molecule has 0 bridgehead atoms. The highest BCUT2D eigenvalue weighted by molar-refractivity contribution is 7.93. The van der Waals surface area contributed by atoms with Gasteiger partial charge in [0.25, 0.3) is 0 Å². The van der Waals surface area contributed by atoms with Gasteiger partial charge in [-0.2, -0.15) is 0 Å². The van der Waals surface area contributed by atoms with Gasteiger partial charge in [0.05, 0.1) is 6.61 Å². The molecule has 0 saturated carbocycles. The number of nitrogens with two attached hydrogens (primary N) is 1. The Bertz CT molecular complexity index is 220. The van der Waals surface area contributed by atoms with Crippen LogP contribution in [0.15, 0.2) is 11.5 Å². The summed E-state index contributed by atoms with van der Waals surface area (Å²) in [5, 5.41) is 1.08. The van der Waals surface area contributed by atoms with E-state index in [0.29, 0.717) is 6.61 Å². The third-order valence-corrected chi connectivity index (χ3v) is 1.58. The third kappa shape index (κ3) is 7.51. The van der Waals surface area contributed by atoms with Crippen molar-refractivity contribution in [3.05, 3.63) is 11.5 Å². The molecule has 11 heavy (non-hydrogen) atoms. The highest BCUT2D eigenvalue weighted by atomic mass is 32.2. The molecular formula is C6H13NO3S. The topological polar surface area (TPSA) is 69.4 Å². The van der Waals surface area contributed by atoms with Crippen LogP contribution in [0.1, 0.15) is 0 Å². The minimum Gasteiger partial charge on any atom is -0.383 e. The molecule has 66 valence electrons. The zero-order valence-corrected chi connectivity index (χ0v) is 7.47. The molecule has 0 aliphatic carbocycles. The predicted molar refractivity (Wildman–Crippen MR) is 43.8 cm³/mol. The predicted octanol–water partition coefficient (Wildman–Crippen LogP) is -0.482. The van der Waals surface area contributed by atoms with Crippen LogP contribution in [0.4, 0.5) is 0 Å². The molecule has 0 fully saturated rings. The maximum absolute atomic E-state index is 10.6. The zero-order valence-electron chi connectivity index (χ0n) is 6.65. The summed E-state index contributed by atoms with van der Waals surface area (Å²) in [6.45, 7) is 0.325. The van der Waals surface area contributed by atoms with Gasteiger partial charge in [0, 0.05) is 24.8 Å². The number of ether oxygens (including phenoxy) is 1. The average Bonchev–Trinajstić information content (AvgIpc) is 1.83. The molecule has 0 radical (unpaired) electrons. The number of sulfone groups is 1. The SMILES string of the molecule is COC[C@@H](N)/C=C\S(C)(=O)=O. The van der Waals surface area contributed by atoms with Crippen LogP contribution in [-0.4, -0.2) is 34.4 Å². The van der Waals surface area contributed by atoms with E-state index in [4.69, 9.17) is 10.5 Å². The maximum Gasteiger partial charge on any atom is 0.168 e. The standard InChI is InChI=1S/C6H13NO3S/c1-10-5-6(7)3-4-11(2,8)9/h3-4,6H,5,7H2,1-2H3/b4-3-/t6-/m0/s1. The lowest BCUT2D eigenvalue weighted by atomic mass is 10.3. The Balaban J connectivity index is 3.93. The summed E-state index contributed by atoms with van der Waals surface area (Å²) in [6, 6.07) is -0.352. The van der Waals surface area contributed by atoms with Crippen molar-refractivity contribution in [3.63, 3.8) is 0 Å². The van der Waals surface area contributed by atoms with Crippen molar-refractivity contribution in [3.8, 4) is 0 Å². The number of hydrogen-bond acceptors (Lipinski definition) is 4. The minimum atomic E-state index is -3.05. The van der Waals surface area contributed by atoms with E-state index >= 15 is 0 Å². The molecule has 1 atom stereocenters. The molecule has 0 saturated heterocycles. The van der Waals surface area contributed by atoms with Gasteiger partial charge in [-0.3, -0.25) is 0 Å². The van der Waals surface area contributed by atoms with E-state index in [1.54, 1.807) is 0 Å². The van der Waals surface area contributed by atoms with Gasteiger partial charge in [0.15, 0.2) is 9.84 Å². The largest absolute Gasteiger partial charge is 0.383 e. The fourth-order valence-electron chi connectivity index (χ4n) is 0.492. The van der Waals surface area contributed by atoms with Gasteiger partial charge < -0.3 is 10.5 Å². The molecule has 5 heteroatoms. The molecule has 0 spiro atoms. The van der Waals surface area contributed by atoms with E-state index < -0.39 is 9.84 Å². The molecule has 0 aromatic carbocycles. The van der Waals surface area contributed by atoms with E-state index in [1.807, 2.05) is 0 Å². The van der Waals surface area contributed by atoms with Crippen molar-refractivity contribution in [2.24, 2.45) is 5.73 Å². The lowest BCUT2D eigenvalue weighted by Crippen LogP contribution is -2.22. The minimum absolute atomic E-state index is 0.325. The summed E-state index contributed by atoms with van der Waals surface area (Å²) < 4.78 is 25.8. The number of hydrogen-bond donors (Lipinski definition) is 1. The summed E-state index contributed by atoms with van der Waals surface area (Å²) in [7, 11) is -1.55. The molecule has 0 rings (SSSR count). The summed E-state index contributed by atoms with van der Waals surface area (Å²) >= 11 is 0.